The minimum absolute atomic E-state index is 0.0612. The van der Waals surface area contributed by atoms with Gasteiger partial charge in [0.05, 0.1) is 5.92 Å². The fourth-order valence-electron chi connectivity index (χ4n) is 1.59. The van der Waals surface area contributed by atoms with Crippen molar-refractivity contribution in [2.24, 2.45) is 11.7 Å². The standard InChI is InChI=1S/C14H21N3O3/c1-3-10(8-15)14(19)17-11-5-4-6-12(7-11)20-9-13(18)16-2/h4-7,10H,3,8-9,15H2,1-2H3,(H,16,18)(H,17,19). The van der Waals surface area contributed by atoms with E-state index in [1.165, 1.54) is 0 Å². The molecule has 1 unspecified atom stereocenters. The number of amides is 2. The van der Waals surface area contributed by atoms with Gasteiger partial charge in [0.1, 0.15) is 5.75 Å². The van der Waals surface area contributed by atoms with Crippen molar-refractivity contribution in [3.63, 3.8) is 0 Å². The van der Waals surface area contributed by atoms with Crippen LogP contribution in [0.2, 0.25) is 0 Å². The number of likely N-dealkylation sites (N-methyl/N-ethyl adjacent to an activating group) is 1. The minimum Gasteiger partial charge on any atom is -0.484 e. The van der Waals surface area contributed by atoms with Gasteiger partial charge in [-0.1, -0.05) is 13.0 Å². The van der Waals surface area contributed by atoms with Crippen LogP contribution in [-0.4, -0.2) is 32.0 Å². The summed E-state index contributed by atoms with van der Waals surface area (Å²) in [5.41, 5.74) is 6.16. The third-order valence-corrected chi connectivity index (χ3v) is 2.90. The Morgan fingerprint density at radius 2 is 2.15 bits per heavy atom. The number of hydrogen-bond donors (Lipinski definition) is 3. The van der Waals surface area contributed by atoms with E-state index in [1.807, 2.05) is 6.92 Å². The molecule has 0 heterocycles. The highest BCUT2D eigenvalue weighted by Crippen LogP contribution is 2.18. The fourth-order valence-corrected chi connectivity index (χ4v) is 1.59. The Bertz CT molecular complexity index is 459. The number of hydrogen-bond acceptors (Lipinski definition) is 4. The molecule has 6 nitrogen and oxygen atoms in total. The van der Waals surface area contributed by atoms with Gasteiger partial charge in [-0.15, -0.1) is 0 Å². The lowest BCUT2D eigenvalue weighted by Crippen LogP contribution is -2.28. The van der Waals surface area contributed by atoms with Crippen molar-refractivity contribution in [1.82, 2.24) is 5.32 Å². The lowest BCUT2D eigenvalue weighted by atomic mass is 10.1. The number of benzene rings is 1. The van der Waals surface area contributed by atoms with E-state index in [2.05, 4.69) is 10.6 Å². The fraction of sp³-hybridized carbons (Fsp3) is 0.429. The molecule has 0 aromatic heterocycles. The summed E-state index contributed by atoms with van der Waals surface area (Å²) in [6.07, 6.45) is 0.690. The maximum Gasteiger partial charge on any atom is 0.257 e. The van der Waals surface area contributed by atoms with Crippen LogP contribution in [-0.2, 0) is 9.59 Å². The second-order valence-electron chi connectivity index (χ2n) is 4.32. The van der Waals surface area contributed by atoms with Gasteiger partial charge in [0.2, 0.25) is 5.91 Å². The van der Waals surface area contributed by atoms with Crippen molar-refractivity contribution in [2.45, 2.75) is 13.3 Å². The number of nitrogens with one attached hydrogen (secondary N) is 2. The Labute approximate surface area is 118 Å². The number of anilines is 1. The second kappa shape index (κ2) is 8.16. The number of rotatable bonds is 7. The van der Waals surface area contributed by atoms with Gasteiger partial charge >= 0.3 is 0 Å². The summed E-state index contributed by atoms with van der Waals surface area (Å²) >= 11 is 0. The first kappa shape index (κ1) is 16.0. The first-order valence-electron chi connectivity index (χ1n) is 6.55. The van der Waals surface area contributed by atoms with Gasteiger partial charge in [-0.2, -0.15) is 0 Å². The molecule has 0 aliphatic rings. The van der Waals surface area contributed by atoms with Crippen molar-refractivity contribution in [2.75, 3.05) is 25.5 Å². The molecule has 0 saturated carbocycles. The van der Waals surface area contributed by atoms with E-state index in [0.29, 0.717) is 24.4 Å². The quantitative estimate of drug-likeness (QED) is 0.686. The predicted molar refractivity (Wildman–Crippen MR) is 77.5 cm³/mol. The molecule has 0 saturated heterocycles. The highest BCUT2D eigenvalue weighted by atomic mass is 16.5. The van der Waals surface area contributed by atoms with Crippen molar-refractivity contribution in [3.8, 4) is 5.75 Å². The third kappa shape index (κ3) is 4.89. The largest absolute Gasteiger partial charge is 0.484 e. The SMILES string of the molecule is CCC(CN)C(=O)Nc1cccc(OCC(=O)NC)c1. The van der Waals surface area contributed by atoms with Crippen molar-refractivity contribution >= 4 is 17.5 Å². The lowest BCUT2D eigenvalue weighted by Gasteiger charge is -2.13. The molecule has 0 fully saturated rings. The lowest BCUT2D eigenvalue weighted by molar-refractivity contribution is -0.122. The topological polar surface area (TPSA) is 93.5 Å². The molecule has 0 aliphatic carbocycles. The summed E-state index contributed by atoms with van der Waals surface area (Å²) in [6, 6.07) is 6.90. The van der Waals surface area contributed by atoms with E-state index in [-0.39, 0.29) is 24.3 Å². The molecule has 1 rings (SSSR count). The Hall–Kier alpha value is -2.08. The monoisotopic (exact) mass is 279 g/mol. The van der Waals surface area contributed by atoms with Crippen LogP contribution in [0.15, 0.2) is 24.3 Å². The summed E-state index contributed by atoms with van der Waals surface area (Å²) in [4.78, 5) is 23.0. The van der Waals surface area contributed by atoms with E-state index >= 15 is 0 Å². The average Bonchev–Trinajstić information content (AvgIpc) is 2.46. The second-order valence-corrected chi connectivity index (χ2v) is 4.32. The summed E-state index contributed by atoms with van der Waals surface area (Å²) in [7, 11) is 1.54. The maximum atomic E-state index is 11.9. The Morgan fingerprint density at radius 1 is 1.40 bits per heavy atom. The molecule has 0 spiro atoms. The first-order valence-corrected chi connectivity index (χ1v) is 6.55. The van der Waals surface area contributed by atoms with Gasteiger partial charge in [0.15, 0.2) is 6.61 Å². The molecule has 0 radical (unpaired) electrons. The van der Waals surface area contributed by atoms with Gasteiger partial charge in [-0.05, 0) is 18.6 Å². The van der Waals surface area contributed by atoms with Crippen LogP contribution in [0, 0.1) is 5.92 Å². The molecule has 0 bridgehead atoms. The molecule has 1 aromatic carbocycles. The summed E-state index contributed by atoms with van der Waals surface area (Å²) in [5, 5.41) is 5.25. The van der Waals surface area contributed by atoms with Crippen LogP contribution in [0.5, 0.6) is 5.75 Å². The zero-order valence-electron chi connectivity index (χ0n) is 11.8. The molecule has 2 amide bonds. The Morgan fingerprint density at radius 3 is 2.75 bits per heavy atom. The van der Waals surface area contributed by atoms with Gasteiger partial charge in [-0.25, -0.2) is 0 Å². The summed E-state index contributed by atoms with van der Waals surface area (Å²) in [6.45, 7) is 2.17. The number of ether oxygens (including phenoxy) is 1. The zero-order valence-corrected chi connectivity index (χ0v) is 11.8. The normalized spacial score (nSPS) is 11.6. The van der Waals surface area contributed by atoms with Crippen LogP contribution in [0.1, 0.15) is 13.3 Å². The van der Waals surface area contributed by atoms with Crippen LogP contribution in [0.25, 0.3) is 0 Å². The summed E-state index contributed by atoms with van der Waals surface area (Å²) in [5.74, 6) is -0.00953. The Kier molecular flexibility index (Phi) is 6.52. The van der Waals surface area contributed by atoms with Crippen LogP contribution in [0.4, 0.5) is 5.69 Å². The van der Waals surface area contributed by atoms with Crippen molar-refractivity contribution < 1.29 is 14.3 Å². The number of carbonyl (C=O) groups is 2. The molecule has 1 atom stereocenters. The first-order chi connectivity index (χ1) is 9.60. The third-order valence-electron chi connectivity index (χ3n) is 2.90. The van der Waals surface area contributed by atoms with E-state index in [0.717, 1.165) is 0 Å². The van der Waals surface area contributed by atoms with E-state index in [9.17, 15) is 9.59 Å². The molecule has 110 valence electrons. The number of nitrogens with two attached hydrogens (primary N) is 1. The average molecular weight is 279 g/mol. The molecular formula is C14H21N3O3. The van der Waals surface area contributed by atoms with Gasteiger partial charge in [-0.3, -0.25) is 9.59 Å². The maximum absolute atomic E-state index is 11.9. The zero-order chi connectivity index (χ0) is 15.0. The van der Waals surface area contributed by atoms with E-state index < -0.39 is 0 Å². The molecule has 4 N–H and O–H groups in total. The van der Waals surface area contributed by atoms with Crippen molar-refractivity contribution in [1.29, 1.82) is 0 Å². The predicted octanol–water partition coefficient (Wildman–Crippen LogP) is 0.735. The highest BCUT2D eigenvalue weighted by molar-refractivity contribution is 5.92. The van der Waals surface area contributed by atoms with Crippen LogP contribution < -0.4 is 21.1 Å². The molecule has 20 heavy (non-hydrogen) atoms. The van der Waals surface area contributed by atoms with Gasteiger partial charge in [0, 0.05) is 25.3 Å². The number of carbonyl (C=O) groups excluding carboxylic acids is 2. The highest BCUT2D eigenvalue weighted by Gasteiger charge is 2.14. The van der Waals surface area contributed by atoms with Crippen molar-refractivity contribution in [3.05, 3.63) is 24.3 Å². The van der Waals surface area contributed by atoms with Crippen LogP contribution in [0.3, 0.4) is 0 Å². The van der Waals surface area contributed by atoms with Gasteiger partial charge < -0.3 is 21.1 Å². The molecular weight excluding hydrogens is 258 g/mol. The van der Waals surface area contributed by atoms with E-state index in [1.54, 1.807) is 31.3 Å². The smallest absolute Gasteiger partial charge is 0.257 e. The van der Waals surface area contributed by atoms with Crippen LogP contribution >= 0.6 is 0 Å². The molecule has 6 heteroatoms. The minimum atomic E-state index is -0.214. The molecule has 0 aliphatic heterocycles. The molecule has 1 aromatic rings. The summed E-state index contributed by atoms with van der Waals surface area (Å²) < 4.78 is 5.31. The van der Waals surface area contributed by atoms with Gasteiger partial charge in [0.25, 0.3) is 5.91 Å². The van der Waals surface area contributed by atoms with E-state index in [4.69, 9.17) is 10.5 Å². The Balaban J connectivity index is 2.63.